The SMILES string of the molecule is Nc1ccc2c(c1)CO[C@](Nc1nccc(C(F)(F)F)n1)(C1CCc3ccccc31)N2. The largest absolute Gasteiger partial charge is 0.433 e. The van der Waals surface area contributed by atoms with E-state index in [1.165, 1.54) is 5.56 Å². The van der Waals surface area contributed by atoms with Gasteiger partial charge in [-0.2, -0.15) is 13.2 Å². The maximum Gasteiger partial charge on any atom is 0.433 e. The Balaban J connectivity index is 1.57. The highest BCUT2D eigenvalue weighted by Gasteiger charge is 2.47. The minimum absolute atomic E-state index is 0.161. The Hall–Kier alpha value is -3.33. The van der Waals surface area contributed by atoms with E-state index in [4.69, 9.17) is 10.5 Å². The molecule has 1 unspecified atom stereocenters. The van der Waals surface area contributed by atoms with Crippen LogP contribution in [0.5, 0.6) is 0 Å². The second-order valence-electron chi connectivity index (χ2n) is 7.74. The third-order valence-corrected chi connectivity index (χ3v) is 5.77. The zero-order valence-electron chi connectivity index (χ0n) is 16.4. The molecule has 31 heavy (non-hydrogen) atoms. The van der Waals surface area contributed by atoms with E-state index < -0.39 is 17.7 Å². The molecule has 0 radical (unpaired) electrons. The van der Waals surface area contributed by atoms with E-state index in [-0.39, 0.29) is 18.5 Å². The van der Waals surface area contributed by atoms with Gasteiger partial charge in [0.2, 0.25) is 11.8 Å². The number of nitrogens with two attached hydrogens (primary N) is 1. The van der Waals surface area contributed by atoms with Crippen LogP contribution in [-0.2, 0) is 23.9 Å². The minimum atomic E-state index is -4.57. The molecule has 160 valence electrons. The fraction of sp³-hybridized carbons (Fsp3) is 0.273. The van der Waals surface area contributed by atoms with Crippen LogP contribution in [0, 0.1) is 0 Å². The molecule has 2 heterocycles. The van der Waals surface area contributed by atoms with Crippen LogP contribution in [-0.4, -0.2) is 15.8 Å². The number of fused-ring (bicyclic) bond motifs is 2. The Labute approximate surface area is 176 Å². The van der Waals surface area contributed by atoms with Crippen LogP contribution >= 0.6 is 0 Å². The van der Waals surface area contributed by atoms with Gasteiger partial charge in [0.1, 0.15) is 5.69 Å². The van der Waals surface area contributed by atoms with Crippen molar-refractivity contribution in [3.05, 3.63) is 77.1 Å². The zero-order valence-corrected chi connectivity index (χ0v) is 16.4. The van der Waals surface area contributed by atoms with Crippen molar-refractivity contribution in [3.8, 4) is 0 Å². The van der Waals surface area contributed by atoms with E-state index in [0.29, 0.717) is 5.69 Å². The molecule has 2 aliphatic rings. The number of nitrogens with one attached hydrogen (secondary N) is 2. The summed E-state index contributed by atoms with van der Waals surface area (Å²) >= 11 is 0. The number of nitrogen functional groups attached to an aromatic ring is 1. The van der Waals surface area contributed by atoms with E-state index in [9.17, 15) is 13.2 Å². The lowest BCUT2D eigenvalue weighted by atomic mass is 9.93. The van der Waals surface area contributed by atoms with Gasteiger partial charge in [-0.25, -0.2) is 9.97 Å². The summed E-state index contributed by atoms with van der Waals surface area (Å²) < 4.78 is 45.9. The highest BCUT2D eigenvalue weighted by molar-refractivity contribution is 5.62. The van der Waals surface area contributed by atoms with Crippen molar-refractivity contribution in [1.82, 2.24) is 9.97 Å². The molecule has 4 N–H and O–H groups in total. The molecule has 3 aromatic rings. The summed E-state index contributed by atoms with van der Waals surface area (Å²) in [6.45, 7) is 0.234. The van der Waals surface area contributed by atoms with Gasteiger partial charge in [-0.15, -0.1) is 0 Å². The lowest BCUT2D eigenvalue weighted by Gasteiger charge is -2.44. The Morgan fingerprint density at radius 1 is 1.13 bits per heavy atom. The first-order chi connectivity index (χ1) is 14.8. The first kappa shape index (κ1) is 19.6. The molecule has 1 aliphatic heterocycles. The van der Waals surface area contributed by atoms with Crippen molar-refractivity contribution in [2.24, 2.45) is 0 Å². The van der Waals surface area contributed by atoms with Crippen molar-refractivity contribution < 1.29 is 17.9 Å². The minimum Gasteiger partial charge on any atom is -0.399 e. The number of aryl methyl sites for hydroxylation is 1. The predicted octanol–water partition coefficient (Wildman–Crippen LogP) is 4.52. The summed E-state index contributed by atoms with van der Waals surface area (Å²) in [6.07, 6.45) is -1.89. The number of rotatable bonds is 3. The molecule has 1 aliphatic carbocycles. The molecular weight excluding hydrogens is 407 g/mol. The van der Waals surface area contributed by atoms with Gasteiger partial charge in [0, 0.05) is 23.1 Å². The Bertz CT molecular complexity index is 1140. The number of hydrogen-bond acceptors (Lipinski definition) is 6. The number of alkyl halides is 3. The molecular formula is C22H20F3N5O. The van der Waals surface area contributed by atoms with E-state index >= 15 is 0 Å². The van der Waals surface area contributed by atoms with Gasteiger partial charge in [-0.3, -0.25) is 0 Å². The number of ether oxygens (including phenoxy) is 1. The summed E-state index contributed by atoms with van der Waals surface area (Å²) in [5.74, 6) is -1.56. The normalized spacial score (nSPS) is 22.4. The maximum absolute atomic E-state index is 13.2. The number of anilines is 3. The second kappa shape index (κ2) is 7.12. The molecule has 9 heteroatoms. The molecule has 0 saturated carbocycles. The molecule has 0 fully saturated rings. The average Bonchev–Trinajstić information content (AvgIpc) is 3.18. The number of benzene rings is 2. The van der Waals surface area contributed by atoms with Gasteiger partial charge in [-0.1, -0.05) is 24.3 Å². The fourth-order valence-corrected chi connectivity index (χ4v) is 4.35. The maximum atomic E-state index is 13.2. The molecule has 2 atom stereocenters. The van der Waals surface area contributed by atoms with E-state index in [1.807, 2.05) is 30.3 Å². The van der Waals surface area contributed by atoms with Crippen LogP contribution in [0.4, 0.5) is 30.5 Å². The third-order valence-electron chi connectivity index (χ3n) is 5.77. The van der Waals surface area contributed by atoms with Crippen molar-refractivity contribution in [2.45, 2.75) is 37.4 Å². The van der Waals surface area contributed by atoms with Gasteiger partial charge in [0.25, 0.3) is 0 Å². The molecule has 0 saturated heterocycles. The third kappa shape index (κ3) is 3.54. The Kier molecular flexibility index (Phi) is 4.51. The summed E-state index contributed by atoms with van der Waals surface area (Å²) in [5.41, 5.74) is 9.41. The Morgan fingerprint density at radius 2 is 1.97 bits per heavy atom. The van der Waals surface area contributed by atoms with Crippen LogP contribution in [0.2, 0.25) is 0 Å². The van der Waals surface area contributed by atoms with Crippen LogP contribution in [0.3, 0.4) is 0 Å². The monoisotopic (exact) mass is 427 g/mol. The number of hydrogen-bond donors (Lipinski definition) is 3. The van der Waals surface area contributed by atoms with Crippen LogP contribution < -0.4 is 16.4 Å². The fourth-order valence-electron chi connectivity index (χ4n) is 4.35. The Morgan fingerprint density at radius 3 is 2.81 bits per heavy atom. The van der Waals surface area contributed by atoms with E-state index in [1.54, 1.807) is 6.07 Å². The van der Waals surface area contributed by atoms with E-state index in [0.717, 1.165) is 41.9 Å². The van der Waals surface area contributed by atoms with Gasteiger partial charge in [-0.05, 0) is 48.2 Å². The predicted molar refractivity (Wildman–Crippen MR) is 110 cm³/mol. The lowest BCUT2D eigenvalue weighted by molar-refractivity contribution is -0.141. The van der Waals surface area contributed by atoms with E-state index in [2.05, 4.69) is 26.7 Å². The second-order valence-corrected chi connectivity index (χ2v) is 7.74. The van der Waals surface area contributed by atoms with Gasteiger partial charge >= 0.3 is 6.18 Å². The van der Waals surface area contributed by atoms with Crippen LogP contribution in [0.15, 0.2) is 54.7 Å². The van der Waals surface area contributed by atoms with Crippen molar-refractivity contribution in [2.75, 3.05) is 16.4 Å². The standard InChI is InChI=1S/C22H20F3N5O/c23-21(24,25)19-9-10-27-20(28-19)30-22(17-7-5-13-3-1-2-4-16(13)17)29-18-8-6-15(26)11-14(18)12-31-22/h1-4,6,8-11,17,29H,5,7,12,26H2,(H,27,28,30)/t17?,22-/m1/s1. The summed E-state index contributed by atoms with van der Waals surface area (Å²) in [5, 5.41) is 6.44. The quantitative estimate of drug-likeness (QED) is 0.533. The zero-order chi connectivity index (χ0) is 21.6. The van der Waals surface area contributed by atoms with Crippen molar-refractivity contribution >= 4 is 17.3 Å². The molecule has 0 amide bonds. The number of aromatic nitrogens is 2. The summed E-state index contributed by atoms with van der Waals surface area (Å²) in [7, 11) is 0. The van der Waals surface area contributed by atoms with Crippen molar-refractivity contribution in [1.29, 1.82) is 0 Å². The molecule has 5 rings (SSSR count). The highest BCUT2D eigenvalue weighted by atomic mass is 19.4. The molecule has 2 aromatic carbocycles. The smallest absolute Gasteiger partial charge is 0.399 e. The first-order valence-electron chi connectivity index (χ1n) is 9.91. The molecule has 0 spiro atoms. The highest BCUT2D eigenvalue weighted by Crippen LogP contribution is 2.45. The average molecular weight is 427 g/mol. The number of nitrogens with zero attached hydrogens (tertiary/aromatic N) is 2. The van der Waals surface area contributed by atoms with Gasteiger partial charge in [0.15, 0.2) is 0 Å². The number of halogens is 3. The van der Waals surface area contributed by atoms with Gasteiger partial charge < -0.3 is 21.1 Å². The van der Waals surface area contributed by atoms with Crippen LogP contribution in [0.25, 0.3) is 0 Å². The first-order valence-corrected chi connectivity index (χ1v) is 9.91. The summed E-state index contributed by atoms with van der Waals surface area (Å²) in [4.78, 5) is 7.72. The topological polar surface area (TPSA) is 85.1 Å². The molecule has 1 aromatic heterocycles. The van der Waals surface area contributed by atoms with Gasteiger partial charge in [0.05, 0.1) is 12.5 Å². The van der Waals surface area contributed by atoms with Crippen molar-refractivity contribution in [3.63, 3.8) is 0 Å². The molecule has 0 bridgehead atoms. The lowest BCUT2D eigenvalue weighted by Crippen LogP contribution is -2.55. The van der Waals surface area contributed by atoms with Crippen LogP contribution in [0.1, 0.15) is 34.7 Å². The summed E-state index contributed by atoms with van der Waals surface area (Å²) in [6, 6.07) is 14.3. The molecule has 6 nitrogen and oxygen atoms in total.